The van der Waals surface area contributed by atoms with Gasteiger partial charge in [-0.15, -0.1) is 12.4 Å². The Balaban J connectivity index is 0.00000324. The quantitative estimate of drug-likeness (QED) is 0.877. The summed E-state index contributed by atoms with van der Waals surface area (Å²) in [6.45, 7) is 6.58. The molecule has 0 aliphatic heterocycles. The van der Waals surface area contributed by atoms with Crippen molar-refractivity contribution in [3.63, 3.8) is 0 Å². The molecule has 0 saturated heterocycles. The van der Waals surface area contributed by atoms with Gasteiger partial charge in [0.05, 0.1) is 10.6 Å². The van der Waals surface area contributed by atoms with Gasteiger partial charge in [0.1, 0.15) is 0 Å². The van der Waals surface area contributed by atoms with E-state index in [9.17, 15) is 4.79 Å². The minimum absolute atomic E-state index is 0. The lowest BCUT2D eigenvalue weighted by atomic mass is 9.90. The van der Waals surface area contributed by atoms with E-state index in [-0.39, 0.29) is 18.3 Å². The first-order valence-electron chi connectivity index (χ1n) is 6.15. The third-order valence-electron chi connectivity index (χ3n) is 2.84. The van der Waals surface area contributed by atoms with Crippen LogP contribution in [0.3, 0.4) is 0 Å². The largest absolute Gasteiger partial charge is 0.346 e. The molecular formula is C14H22Cl2N2O. The highest BCUT2D eigenvalue weighted by Crippen LogP contribution is 2.19. The van der Waals surface area contributed by atoms with Crippen LogP contribution < -0.4 is 11.1 Å². The van der Waals surface area contributed by atoms with E-state index >= 15 is 0 Å². The van der Waals surface area contributed by atoms with E-state index in [2.05, 4.69) is 19.2 Å². The van der Waals surface area contributed by atoms with Gasteiger partial charge < -0.3 is 11.1 Å². The van der Waals surface area contributed by atoms with E-state index in [1.807, 2.05) is 6.92 Å². The van der Waals surface area contributed by atoms with Gasteiger partial charge in [0, 0.05) is 12.1 Å². The summed E-state index contributed by atoms with van der Waals surface area (Å²) in [6, 6.07) is 7.01. The van der Waals surface area contributed by atoms with Crippen LogP contribution in [0.1, 0.15) is 37.6 Å². The maximum atomic E-state index is 12.2. The Morgan fingerprint density at radius 3 is 2.47 bits per heavy atom. The number of hydrogen-bond donors (Lipinski definition) is 2. The third-order valence-corrected chi connectivity index (χ3v) is 3.17. The smallest absolute Gasteiger partial charge is 0.253 e. The van der Waals surface area contributed by atoms with Crippen LogP contribution in [0, 0.1) is 5.92 Å². The SMILES string of the molecule is CC(C)CC(C)(CN)NC(=O)c1ccccc1Cl.Cl. The van der Waals surface area contributed by atoms with Crippen molar-refractivity contribution < 1.29 is 4.79 Å². The molecule has 1 unspecified atom stereocenters. The molecule has 19 heavy (non-hydrogen) atoms. The predicted octanol–water partition coefficient (Wildman–Crippen LogP) is 3.26. The van der Waals surface area contributed by atoms with Crippen molar-refractivity contribution in [1.29, 1.82) is 0 Å². The van der Waals surface area contributed by atoms with Gasteiger partial charge in [-0.05, 0) is 31.4 Å². The summed E-state index contributed by atoms with van der Waals surface area (Å²) in [4.78, 5) is 12.2. The minimum Gasteiger partial charge on any atom is -0.346 e. The second-order valence-corrected chi connectivity index (χ2v) is 5.70. The highest BCUT2D eigenvalue weighted by molar-refractivity contribution is 6.33. The summed E-state index contributed by atoms with van der Waals surface area (Å²) in [5, 5.41) is 3.44. The molecule has 0 fully saturated rings. The highest BCUT2D eigenvalue weighted by atomic mass is 35.5. The maximum absolute atomic E-state index is 12.2. The molecule has 0 aromatic heterocycles. The van der Waals surface area contributed by atoms with E-state index in [1.165, 1.54) is 0 Å². The van der Waals surface area contributed by atoms with Crippen molar-refractivity contribution in [2.45, 2.75) is 32.7 Å². The fraction of sp³-hybridized carbons (Fsp3) is 0.500. The molecule has 5 heteroatoms. The first-order chi connectivity index (χ1) is 8.38. The number of nitrogens with two attached hydrogens (primary N) is 1. The zero-order chi connectivity index (χ0) is 13.8. The molecule has 1 atom stereocenters. The average Bonchev–Trinajstić information content (AvgIpc) is 2.28. The van der Waals surface area contributed by atoms with Gasteiger partial charge in [-0.25, -0.2) is 0 Å². The van der Waals surface area contributed by atoms with Gasteiger partial charge in [-0.3, -0.25) is 4.79 Å². The van der Waals surface area contributed by atoms with Crippen LogP contribution in [0.4, 0.5) is 0 Å². The molecule has 0 saturated carbocycles. The molecule has 0 heterocycles. The molecule has 1 aromatic rings. The predicted molar refractivity (Wildman–Crippen MR) is 83.1 cm³/mol. The number of hydrogen-bond acceptors (Lipinski definition) is 2. The lowest BCUT2D eigenvalue weighted by Gasteiger charge is -2.31. The first-order valence-corrected chi connectivity index (χ1v) is 6.53. The number of rotatable bonds is 5. The van der Waals surface area contributed by atoms with Gasteiger partial charge in [-0.2, -0.15) is 0 Å². The van der Waals surface area contributed by atoms with Crippen molar-refractivity contribution in [2.75, 3.05) is 6.54 Å². The summed E-state index contributed by atoms with van der Waals surface area (Å²) in [6.07, 6.45) is 0.833. The van der Waals surface area contributed by atoms with Gasteiger partial charge in [0.2, 0.25) is 0 Å². The number of benzene rings is 1. The van der Waals surface area contributed by atoms with Crippen LogP contribution in [0.2, 0.25) is 5.02 Å². The fourth-order valence-electron chi connectivity index (χ4n) is 2.07. The molecule has 0 aliphatic carbocycles. The van der Waals surface area contributed by atoms with Gasteiger partial charge in [0.25, 0.3) is 5.91 Å². The number of carbonyl (C=O) groups excluding carboxylic acids is 1. The number of amides is 1. The molecule has 1 aromatic carbocycles. The van der Waals surface area contributed by atoms with Crippen LogP contribution in [-0.2, 0) is 0 Å². The van der Waals surface area contributed by atoms with Crippen molar-refractivity contribution in [1.82, 2.24) is 5.32 Å². The van der Waals surface area contributed by atoms with Crippen LogP contribution >= 0.6 is 24.0 Å². The second-order valence-electron chi connectivity index (χ2n) is 5.30. The lowest BCUT2D eigenvalue weighted by molar-refractivity contribution is 0.0898. The molecule has 0 radical (unpaired) electrons. The van der Waals surface area contributed by atoms with Gasteiger partial charge in [0.15, 0.2) is 0 Å². The molecule has 0 aliphatic rings. The minimum atomic E-state index is -0.398. The summed E-state index contributed by atoms with van der Waals surface area (Å²) in [5.74, 6) is 0.291. The van der Waals surface area contributed by atoms with Crippen molar-refractivity contribution >= 4 is 29.9 Å². The van der Waals surface area contributed by atoms with Crippen molar-refractivity contribution in [3.05, 3.63) is 34.9 Å². The number of carbonyl (C=O) groups is 1. The Morgan fingerprint density at radius 1 is 1.42 bits per heavy atom. The molecule has 0 bridgehead atoms. The fourth-order valence-corrected chi connectivity index (χ4v) is 2.29. The first kappa shape index (κ1) is 18.2. The summed E-state index contributed by atoms with van der Waals surface area (Å²) in [7, 11) is 0. The molecule has 108 valence electrons. The van der Waals surface area contributed by atoms with Crippen LogP contribution in [0.5, 0.6) is 0 Å². The van der Waals surface area contributed by atoms with E-state index in [1.54, 1.807) is 24.3 Å². The molecule has 0 spiro atoms. The average molecular weight is 305 g/mol. The van der Waals surface area contributed by atoms with E-state index < -0.39 is 5.54 Å². The summed E-state index contributed by atoms with van der Waals surface area (Å²) < 4.78 is 0. The zero-order valence-electron chi connectivity index (χ0n) is 11.6. The van der Waals surface area contributed by atoms with E-state index in [0.717, 1.165) is 6.42 Å². The second kappa shape index (κ2) is 7.73. The van der Waals surface area contributed by atoms with Gasteiger partial charge in [-0.1, -0.05) is 37.6 Å². The van der Waals surface area contributed by atoms with Crippen LogP contribution in [0.15, 0.2) is 24.3 Å². The summed E-state index contributed by atoms with van der Waals surface area (Å²) >= 11 is 6.00. The number of halogens is 2. The maximum Gasteiger partial charge on any atom is 0.253 e. The zero-order valence-corrected chi connectivity index (χ0v) is 13.1. The van der Waals surface area contributed by atoms with Crippen molar-refractivity contribution in [3.8, 4) is 0 Å². The highest BCUT2D eigenvalue weighted by Gasteiger charge is 2.26. The third kappa shape index (κ3) is 5.39. The Labute approximate surface area is 126 Å². The normalized spacial score (nSPS) is 13.6. The summed E-state index contributed by atoms with van der Waals surface area (Å²) in [5.41, 5.74) is 5.86. The Morgan fingerprint density at radius 2 is 2.00 bits per heavy atom. The van der Waals surface area contributed by atoms with Crippen molar-refractivity contribution in [2.24, 2.45) is 11.7 Å². The lowest BCUT2D eigenvalue weighted by Crippen LogP contribution is -2.52. The number of nitrogens with one attached hydrogen (secondary N) is 1. The topological polar surface area (TPSA) is 55.1 Å². The Bertz CT molecular complexity index is 424. The van der Waals surface area contributed by atoms with Crippen LogP contribution in [0.25, 0.3) is 0 Å². The van der Waals surface area contributed by atoms with E-state index in [4.69, 9.17) is 17.3 Å². The Hall–Kier alpha value is -0.770. The van der Waals surface area contributed by atoms with Crippen LogP contribution in [-0.4, -0.2) is 18.0 Å². The molecular weight excluding hydrogens is 283 g/mol. The van der Waals surface area contributed by atoms with E-state index in [0.29, 0.717) is 23.0 Å². The molecule has 1 amide bonds. The molecule has 1 rings (SSSR count). The molecule has 3 nitrogen and oxygen atoms in total. The standard InChI is InChI=1S/C14H21ClN2O.ClH/c1-10(2)8-14(3,9-16)17-13(18)11-6-4-5-7-12(11)15;/h4-7,10H,8-9,16H2,1-3H3,(H,17,18);1H. The van der Waals surface area contributed by atoms with Gasteiger partial charge >= 0.3 is 0 Å². The monoisotopic (exact) mass is 304 g/mol. The molecule has 3 N–H and O–H groups in total. The Kier molecular flexibility index (Phi) is 7.42.